The third kappa shape index (κ3) is 4.45. The molecule has 1 saturated heterocycles. The maximum atomic E-state index is 12.7. The van der Waals surface area contributed by atoms with Crippen LogP contribution in [0, 0.1) is 5.92 Å². The summed E-state index contributed by atoms with van der Waals surface area (Å²) in [6.45, 7) is 5.41. The van der Waals surface area contributed by atoms with Gasteiger partial charge in [-0.05, 0) is 31.6 Å². The lowest BCUT2D eigenvalue weighted by Crippen LogP contribution is -2.43. The standard InChI is InChI=1S/C18H34N2O/c1-3-5-7-10-14-20-17(15-11-8-9-12-15)19-16(18(20)21)13-6-4-2/h15-17,19H,3-14H2,1-2H3. The molecule has 0 spiro atoms. The molecule has 3 nitrogen and oxygen atoms in total. The van der Waals surface area contributed by atoms with Crippen LogP contribution in [0.3, 0.4) is 0 Å². The van der Waals surface area contributed by atoms with Crippen LogP contribution in [0.5, 0.6) is 0 Å². The van der Waals surface area contributed by atoms with Crippen molar-refractivity contribution in [3.8, 4) is 0 Å². The number of amides is 1. The van der Waals surface area contributed by atoms with E-state index < -0.39 is 0 Å². The predicted octanol–water partition coefficient (Wildman–Crippen LogP) is 4.07. The molecule has 122 valence electrons. The van der Waals surface area contributed by atoms with Gasteiger partial charge in [0.1, 0.15) is 0 Å². The zero-order valence-electron chi connectivity index (χ0n) is 14.1. The molecule has 1 aliphatic heterocycles. The van der Waals surface area contributed by atoms with E-state index in [4.69, 9.17) is 0 Å². The Morgan fingerprint density at radius 2 is 1.76 bits per heavy atom. The van der Waals surface area contributed by atoms with Crippen LogP contribution in [0.4, 0.5) is 0 Å². The predicted molar refractivity (Wildman–Crippen MR) is 88.0 cm³/mol. The first-order valence-electron chi connectivity index (χ1n) is 9.34. The Bertz CT molecular complexity index is 312. The van der Waals surface area contributed by atoms with Gasteiger partial charge in [-0.15, -0.1) is 0 Å². The first kappa shape index (κ1) is 16.8. The Labute approximate surface area is 130 Å². The quantitative estimate of drug-likeness (QED) is 0.650. The van der Waals surface area contributed by atoms with Crippen LogP contribution in [0.25, 0.3) is 0 Å². The Balaban J connectivity index is 1.92. The van der Waals surface area contributed by atoms with Crippen LogP contribution in [0.15, 0.2) is 0 Å². The van der Waals surface area contributed by atoms with Crippen LogP contribution in [0.1, 0.15) is 84.5 Å². The number of rotatable bonds is 9. The fourth-order valence-electron chi connectivity index (χ4n) is 3.94. The zero-order valence-corrected chi connectivity index (χ0v) is 14.1. The number of carbonyl (C=O) groups excluding carboxylic acids is 1. The van der Waals surface area contributed by atoms with E-state index in [9.17, 15) is 4.79 Å². The second-order valence-electron chi connectivity index (χ2n) is 6.94. The lowest BCUT2D eigenvalue weighted by atomic mass is 10.0. The molecule has 0 aromatic rings. The summed E-state index contributed by atoms with van der Waals surface area (Å²) in [6.07, 6.45) is 14.0. The maximum absolute atomic E-state index is 12.7. The molecule has 1 heterocycles. The van der Waals surface area contributed by atoms with Gasteiger partial charge >= 0.3 is 0 Å². The summed E-state index contributed by atoms with van der Waals surface area (Å²) in [5, 5.41) is 3.68. The first-order chi connectivity index (χ1) is 10.3. The minimum atomic E-state index is 0.0988. The van der Waals surface area contributed by atoms with Gasteiger partial charge in [0, 0.05) is 6.54 Å². The molecule has 21 heavy (non-hydrogen) atoms. The Hall–Kier alpha value is -0.570. The van der Waals surface area contributed by atoms with E-state index in [2.05, 4.69) is 24.1 Å². The summed E-state index contributed by atoms with van der Waals surface area (Å²) in [5.41, 5.74) is 0. The monoisotopic (exact) mass is 294 g/mol. The van der Waals surface area contributed by atoms with Gasteiger partial charge in [0.05, 0.1) is 12.2 Å². The van der Waals surface area contributed by atoms with E-state index in [1.54, 1.807) is 0 Å². The number of hydrogen-bond acceptors (Lipinski definition) is 2. The van der Waals surface area contributed by atoms with Gasteiger partial charge in [-0.25, -0.2) is 0 Å². The molecule has 3 heteroatoms. The Morgan fingerprint density at radius 3 is 2.43 bits per heavy atom. The third-order valence-corrected chi connectivity index (χ3v) is 5.23. The van der Waals surface area contributed by atoms with Gasteiger partial charge in [0.15, 0.2) is 0 Å². The second-order valence-corrected chi connectivity index (χ2v) is 6.94. The highest BCUT2D eigenvalue weighted by molar-refractivity contribution is 5.84. The second kappa shape index (κ2) is 8.77. The number of hydrogen-bond donors (Lipinski definition) is 1. The highest BCUT2D eigenvalue weighted by Crippen LogP contribution is 2.32. The first-order valence-corrected chi connectivity index (χ1v) is 9.34. The topological polar surface area (TPSA) is 32.3 Å². The molecule has 2 rings (SSSR count). The Morgan fingerprint density at radius 1 is 1.05 bits per heavy atom. The number of nitrogens with one attached hydrogen (secondary N) is 1. The van der Waals surface area contributed by atoms with Crippen LogP contribution >= 0.6 is 0 Å². The number of unbranched alkanes of at least 4 members (excludes halogenated alkanes) is 4. The molecule has 1 N–H and O–H groups in total. The molecule has 2 unspecified atom stereocenters. The van der Waals surface area contributed by atoms with Crippen molar-refractivity contribution in [2.45, 2.75) is 96.7 Å². The minimum Gasteiger partial charge on any atom is -0.326 e. The van der Waals surface area contributed by atoms with Gasteiger partial charge in [-0.2, -0.15) is 0 Å². The fourth-order valence-corrected chi connectivity index (χ4v) is 3.94. The van der Waals surface area contributed by atoms with Crippen LogP contribution in [-0.4, -0.2) is 29.6 Å². The molecule has 1 aliphatic carbocycles. The minimum absolute atomic E-state index is 0.0988. The molecular formula is C18H34N2O. The maximum Gasteiger partial charge on any atom is 0.241 e. The van der Waals surface area contributed by atoms with Crippen molar-refractivity contribution >= 4 is 5.91 Å². The smallest absolute Gasteiger partial charge is 0.241 e. The van der Waals surface area contributed by atoms with Crippen molar-refractivity contribution < 1.29 is 4.79 Å². The lowest BCUT2D eigenvalue weighted by Gasteiger charge is -2.29. The average molecular weight is 294 g/mol. The Kier molecular flexibility index (Phi) is 7.01. The molecule has 2 atom stereocenters. The van der Waals surface area contributed by atoms with Crippen molar-refractivity contribution in [1.29, 1.82) is 0 Å². The van der Waals surface area contributed by atoms with Crippen LogP contribution in [0.2, 0.25) is 0 Å². The van der Waals surface area contributed by atoms with Gasteiger partial charge in [-0.3, -0.25) is 10.1 Å². The van der Waals surface area contributed by atoms with Crippen LogP contribution in [-0.2, 0) is 4.79 Å². The molecule has 0 radical (unpaired) electrons. The molecule has 1 amide bonds. The van der Waals surface area contributed by atoms with Crippen molar-refractivity contribution in [2.75, 3.05) is 6.54 Å². The van der Waals surface area contributed by atoms with Gasteiger partial charge in [-0.1, -0.05) is 58.8 Å². The van der Waals surface area contributed by atoms with Crippen molar-refractivity contribution in [3.05, 3.63) is 0 Å². The van der Waals surface area contributed by atoms with E-state index in [-0.39, 0.29) is 6.04 Å². The van der Waals surface area contributed by atoms with Gasteiger partial charge < -0.3 is 4.90 Å². The SMILES string of the molecule is CCCCCCN1C(=O)C(CCCC)NC1C1CCCC1. The largest absolute Gasteiger partial charge is 0.326 e. The highest BCUT2D eigenvalue weighted by Gasteiger charge is 2.42. The lowest BCUT2D eigenvalue weighted by molar-refractivity contribution is -0.130. The van der Waals surface area contributed by atoms with Gasteiger partial charge in [0.2, 0.25) is 5.91 Å². The highest BCUT2D eigenvalue weighted by atomic mass is 16.2. The van der Waals surface area contributed by atoms with Crippen molar-refractivity contribution in [2.24, 2.45) is 5.92 Å². The molecule has 2 fully saturated rings. The molecule has 0 aromatic heterocycles. The third-order valence-electron chi connectivity index (χ3n) is 5.23. The van der Waals surface area contributed by atoms with E-state index in [0.717, 1.165) is 19.4 Å². The molecule has 1 saturated carbocycles. The molecular weight excluding hydrogens is 260 g/mol. The number of nitrogens with zero attached hydrogens (tertiary/aromatic N) is 1. The van der Waals surface area contributed by atoms with E-state index in [0.29, 0.717) is 18.0 Å². The normalized spacial score (nSPS) is 27.0. The van der Waals surface area contributed by atoms with Crippen molar-refractivity contribution in [1.82, 2.24) is 10.2 Å². The summed E-state index contributed by atoms with van der Waals surface area (Å²) >= 11 is 0. The average Bonchev–Trinajstić information content (AvgIpc) is 3.11. The van der Waals surface area contributed by atoms with E-state index >= 15 is 0 Å². The zero-order chi connectivity index (χ0) is 15.1. The van der Waals surface area contributed by atoms with Crippen LogP contribution < -0.4 is 5.32 Å². The van der Waals surface area contributed by atoms with E-state index in [1.165, 1.54) is 57.8 Å². The van der Waals surface area contributed by atoms with Crippen molar-refractivity contribution in [3.63, 3.8) is 0 Å². The molecule has 0 bridgehead atoms. The fraction of sp³-hybridized carbons (Fsp3) is 0.944. The van der Waals surface area contributed by atoms with Gasteiger partial charge in [0.25, 0.3) is 0 Å². The molecule has 0 aromatic carbocycles. The molecule has 2 aliphatic rings. The number of carbonyl (C=O) groups is 1. The summed E-state index contributed by atoms with van der Waals surface area (Å²) in [6, 6.07) is 0.0988. The van der Waals surface area contributed by atoms with E-state index in [1.807, 2.05) is 0 Å². The summed E-state index contributed by atoms with van der Waals surface area (Å²) in [4.78, 5) is 14.9. The summed E-state index contributed by atoms with van der Waals surface area (Å²) in [5.74, 6) is 1.09. The summed E-state index contributed by atoms with van der Waals surface area (Å²) in [7, 11) is 0. The summed E-state index contributed by atoms with van der Waals surface area (Å²) < 4.78 is 0.